The molecule has 1 heterocycles. The number of ketones is 2. The first-order chi connectivity index (χ1) is 21.0. The fourth-order valence-corrected chi connectivity index (χ4v) is 6.20. The predicted octanol–water partition coefficient (Wildman–Crippen LogP) is 10.4. The van der Waals surface area contributed by atoms with E-state index in [-0.39, 0.29) is 36.4 Å². The van der Waals surface area contributed by atoms with Gasteiger partial charge in [-0.25, -0.2) is 0 Å². The van der Waals surface area contributed by atoms with Crippen molar-refractivity contribution in [3.63, 3.8) is 0 Å². The van der Waals surface area contributed by atoms with Gasteiger partial charge in [-0.2, -0.15) is 0 Å². The minimum atomic E-state index is 0. The molecule has 0 aliphatic carbocycles. The number of hydrogen-bond acceptors (Lipinski definition) is 4. The summed E-state index contributed by atoms with van der Waals surface area (Å²) in [4.78, 5) is 31.7. The van der Waals surface area contributed by atoms with E-state index in [2.05, 4.69) is 73.3 Å². The van der Waals surface area contributed by atoms with Gasteiger partial charge in [0.15, 0.2) is 11.6 Å². The topological polar surface area (TPSA) is 45.6 Å². The van der Waals surface area contributed by atoms with E-state index >= 15 is 0 Å². The van der Waals surface area contributed by atoms with Gasteiger partial charge in [-0.05, 0) is 121 Å². The van der Waals surface area contributed by atoms with Crippen LogP contribution in [0.5, 0.6) is 0 Å². The number of Topliss-reactive ketones (excluding diaryl/α,β-unsaturated/α-hetero) is 2. The van der Waals surface area contributed by atoms with Crippen molar-refractivity contribution in [3.05, 3.63) is 47.5 Å². The molecule has 0 saturated carbocycles. The third-order valence-corrected chi connectivity index (χ3v) is 8.89. The van der Waals surface area contributed by atoms with Gasteiger partial charge in [0.2, 0.25) is 0 Å². The van der Waals surface area contributed by atoms with Crippen LogP contribution in [0.1, 0.15) is 132 Å². The molecule has 0 saturated heterocycles. The highest BCUT2D eigenvalue weighted by atomic mass is 35.5. The van der Waals surface area contributed by atoms with Crippen molar-refractivity contribution in [2.75, 3.05) is 39.3 Å². The Kier molecular flexibility index (Phi) is 20.6. The first kappa shape index (κ1) is 41.1. The third-order valence-electron chi connectivity index (χ3n) is 8.89. The SMILES string of the molecule is CCCCN(CCCC)CCCC(=O)c1ccc2c(c1)c1cc(C(=O)CCCN(CCCC)CCCC)ccc1n2CC.Cl.Cl. The van der Waals surface area contributed by atoms with E-state index in [0.29, 0.717) is 12.8 Å². The van der Waals surface area contributed by atoms with Crippen molar-refractivity contribution >= 4 is 58.2 Å². The van der Waals surface area contributed by atoms with Crippen molar-refractivity contribution < 1.29 is 9.59 Å². The molecule has 0 aliphatic rings. The smallest absolute Gasteiger partial charge is 0.162 e. The molecule has 0 aliphatic heterocycles. The van der Waals surface area contributed by atoms with Gasteiger partial charge in [0.1, 0.15) is 0 Å². The highest BCUT2D eigenvalue weighted by Crippen LogP contribution is 2.31. The van der Waals surface area contributed by atoms with Gasteiger partial charge in [0.05, 0.1) is 0 Å². The van der Waals surface area contributed by atoms with Crippen LogP contribution in [0.25, 0.3) is 21.8 Å². The molecule has 0 spiro atoms. The number of aryl methyl sites for hydroxylation is 1. The second-order valence-corrected chi connectivity index (χ2v) is 12.4. The minimum Gasteiger partial charge on any atom is -0.341 e. The lowest BCUT2D eigenvalue weighted by Crippen LogP contribution is -2.27. The van der Waals surface area contributed by atoms with Crippen LogP contribution in [0.2, 0.25) is 0 Å². The molecule has 0 radical (unpaired) electrons. The molecule has 45 heavy (non-hydrogen) atoms. The lowest BCUT2D eigenvalue weighted by molar-refractivity contribution is 0.0966. The van der Waals surface area contributed by atoms with Gasteiger partial charge in [0.25, 0.3) is 0 Å². The lowest BCUT2D eigenvalue weighted by atomic mass is 10.0. The van der Waals surface area contributed by atoms with E-state index in [1.807, 2.05) is 12.1 Å². The number of carbonyl (C=O) groups excluding carboxylic acids is 2. The van der Waals surface area contributed by atoms with Crippen LogP contribution in [0.15, 0.2) is 36.4 Å². The van der Waals surface area contributed by atoms with E-state index in [1.165, 1.54) is 51.4 Å². The third kappa shape index (κ3) is 12.3. The van der Waals surface area contributed by atoms with Gasteiger partial charge in [0, 0.05) is 52.3 Å². The molecule has 0 bridgehead atoms. The second-order valence-electron chi connectivity index (χ2n) is 12.4. The average molecular weight is 663 g/mol. The summed E-state index contributed by atoms with van der Waals surface area (Å²) in [6, 6.07) is 12.3. The number of hydrogen-bond donors (Lipinski definition) is 0. The predicted molar refractivity (Wildman–Crippen MR) is 199 cm³/mol. The van der Waals surface area contributed by atoms with Crippen LogP contribution in [0.4, 0.5) is 0 Å². The van der Waals surface area contributed by atoms with Gasteiger partial charge >= 0.3 is 0 Å². The van der Waals surface area contributed by atoms with Crippen LogP contribution in [0, 0.1) is 0 Å². The van der Waals surface area contributed by atoms with E-state index in [4.69, 9.17) is 0 Å². The maximum Gasteiger partial charge on any atom is 0.162 e. The molecule has 1 aromatic heterocycles. The summed E-state index contributed by atoms with van der Waals surface area (Å²) in [5, 5.41) is 2.16. The molecule has 0 unspecified atom stereocenters. The van der Waals surface area contributed by atoms with E-state index in [9.17, 15) is 9.59 Å². The number of aromatic nitrogens is 1. The average Bonchev–Trinajstić information content (AvgIpc) is 3.34. The largest absolute Gasteiger partial charge is 0.341 e. The molecule has 0 atom stereocenters. The van der Waals surface area contributed by atoms with Crippen molar-refractivity contribution in [1.82, 2.24) is 14.4 Å². The Balaban J connectivity index is 0.00000506. The Morgan fingerprint density at radius 3 is 1.18 bits per heavy atom. The summed E-state index contributed by atoms with van der Waals surface area (Å²) >= 11 is 0. The molecule has 3 rings (SSSR count). The standard InChI is InChI=1S/C38H59N3O2.2ClH/c1-6-11-23-39(24-12-7-2)27-15-17-37(42)31-19-21-35-33(29-31)34-30-32(20-22-36(34)41(35)10-5)38(43)18-16-28-40(25-13-8-3)26-14-9-4;;/h19-22,29-30H,6-18,23-28H2,1-5H3;2*1H. The molecule has 2 aromatic carbocycles. The zero-order valence-corrected chi connectivity index (χ0v) is 30.5. The second kappa shape index (κ2) is 22.6. The molecular formula is C38H61Cl2N3O2. The zero-order chi connectivity index (χ0) is 31.0. The fraction of sp³-hybridized carbons (Fsp3) is 0.632. The molecular weight excluding hydrogens is 601 g/mol. The monoisotopic (exact) mass is 661 g/mol. The number of benzene rings is 2. The van der Waals surface area contributed by atoms with Crippen LogP contribution >= 0.6 is 24.8 Å². The summed E-state index contributed by atoms with van der Waals surface area (Å²) in [5.41, 5.74) is 3.83. The fourth-order valence-electron chi connectivity index (χ4n) is 6.20. The van der Waals surface area contributed by atoms with Gasteiger partial charge < -0.3 is 14.4 Å². The minimum absolute atomic E-state index is 0. The number of fused-ring (bicyclic) bond motifs is 3. The first-order valence-corrected chi connectivity index (χ1v) is 17.5. The quantitative estimate of drug-likeness (QED) is 0.0948. The lowest BCUT2D eigenvalue weighted by Gasteiger charge is -2.21. The number of nitrogens with zero attached hydrogens (tertiary/aromatic N) is 3. The molecule has 3 aromatic rings. The summed E-state index contributed by atoms with van der Waals surface area (Å²) in [6.45, 7) is 18.5. The summed E-state index contributed by atoms with van der Waals surface area (Å²) in [5.74, 6) is 0.432. The number of unbranched alkanes of at least 4 members (excludes halogenated alkanes) is 4. The van der Waals surface area contributed by atoms with E-state index in [1.54, 1.807) is 0 Å². The number of carbonyl (C=O) groups is 2. The number of rotatable bonds is 23. The van der Waals surface area contributed by atoms with Gasteiger partial charge in [-0.1, -0.05) is 53.4 Å². The zero-order valence-electron chi connectivity index (χ0n) is 28.9. The maximum atomic E-state index is 13.3. The van der Waals surface area contributed by atoms with Crippen molar-refractivity contribution in [3.8, 4) is 0 Å². The van der Waals surface area contributed by atoms with Gasteiger partial charge in [-0.15, -0.1) is 24.8 Å². The maximum absolute atomic E-state index is 13.3. The first-order valence-electron chi connectivity index (χ1n) is 17.5. The Labute approximate surface area is 286 Å². The molecule has 254 valence electrons. The molecule has 0 amide bonds. The Bertz CT molecular complexity index is 1180. The molecule has 5 nitrogen and oxygen atoms in total. The van der Waals surface area contributed by atoms with Crippen molar-refractivity contribution in [2.45, 2.75) is 118 Å². The summed E-state index contributed by atoms with van der Waals surface area (Å²) < 4.78 is 2.30. The summed E-state index contributed by atoms with van der Waals surface area (Å²) in [6.07, 6.45) is 12.6. The van der Waals surface area contributed by atoms with Crippen LogP contribution in [-0.4, -0.2) is 65.2 Å². The Morgan fingerprint density at radius 1 is 0.533 bits per heavy atom. The normalized spacial score (nSPS) is 11.4. The highest BCUT2D eigenvalue weighted by Gasteiger charge is 2.16. The van der Waals surface area contributed by atoms with Crippen molar-refractivity contribution in [2.24, 2.45) is 0 Å². The van der Waals surface area contributed by atoms with Gasteiger partial charge in [-0.3, -0.25) is 9.59 Å². The van der Waals surface area contributed by atoms with Crippen molar-refractivity contribution in [1.29, 1.82) is 0 Å². The van der Waals surface area contributed by atoms with E-state index < -0.39 is 0 Å². The molecule has 7 heteroatoms. The molecule has 0 N–H and O–H groups in total. The Morgan fingerprint density at radius 2 is 0.867 bits per heavy atom. The number of halogens is 2. The Hall–Kier alpha value is -1.92. The van der Waals surface area contributed by atoms with Crippen LogP contribution in [-0.2, 0) is 6.54 Å². The highest BCUT2D eigenvalue weighted by molar-refractivity contribution is 6.13. The summed E-state index contributed by atoms with van der Waals surface area (Å²) in [7, 11) is 0. The molecule has 0 fully saturated rings. The van der Waals surface area contributed by atoms with Crippen LogP contribution in [0.3, 0.4) is 0 Å². The van der Waals surface area contributed by atoms with E-state index in [0.717, 1.165) is 91.6 Å². The van der Waals surface area contributed by atoms with Crippen LogP contribution < -0.4 is 0 Å².